The fourth-order valence-electron chi connectivity index (χ4n) is 2.91. The summed E-state index contributed by atoms with van der Waals surface area (Å²) in [5.74, 6) is 0.858. The van der Waals surface area contributed by atoms with Crippen LogP contribution in [0.3, 0.4) is 0 Å². The van der Waals surface area contributed by atoms with E-state index in [4.69, 9.17) is 0 Å². The number of hydrogen-bond donors (Lipinski definition) is 1. The third kappa shape index (κ3) is 3.74. The second kappa shape index (κ2) is 6.35. The van der Waals surface area contributed by atoms with Crippen molar-refractivity contribution in [3.05, 3.63) is 35.7 Å². The quantitative estimate of drug-likeness (QED) is 0.918. The van der Waals surface area contributed by atoms with E-state index in [9.17, 15) is 13.2 Å². The van der Waals surface area contributed by atoms with E-state index < -0.39 is 11.9 Å². The first-order valence-corrected chi connectivity index (χ1v) is 7.81. The summed E-state index contributed by atoms with van der Waals surface area (Å²) in [5, 5.41) is 7.58. The summed E-state index contributed by atoms with van der Waals surface area (Å²) in [4.78, 5) is 3.70. The van der Waals surface area contributed by atoms with Gasteiger partial charge in [0.1, 0.15) is 5.82 Å². The van der Waals surface area contributed by atoms with Crippen molar-refractivity contribution in [1.82, 2.24) is 24.6 Å². The summed E-state index contributed by atoms with van der Waals surface area (Å²) in [6, 6.07) is 0. The van der Waals surface area contributed by atoms with Gasteiger partial charge in [0.15, 0.2) is 5.69 Å². The Morgan fingerprint density at radius 2 is 2.17 bits per heavy atom. The fourth-order valence-corrected chi connectivity index (χ4v) is 2.91. The molecule has 1 atom stereocenters. The lowest BCUT2D eigenvalue weighted by molar-refractivity contribution is -0.141. The second-order valence-electron chi connectivity index (χ2n) is 5.93. The molecule has 1 aliphatic heterocycles. The van der Waals surface area contributed by atoms with Crippen LogP contribution in [0.4, 0.5) is 13.2 Å². The number of hydrogen-bond acceptors (Lipinski definition) is 3. The van der Waals surface area contributed by atoms with Crippen molar-refractivity contribution in [1.29, 1.82) is 0 Å². The van der Waals surface area contributed by atoms with Crippen molar-refractivity contribution >= 4 is 0 Å². The molecule has 0 fully saturated rings. The molecule has 0 aliphatic carbocycles. The van der Waals surface area contributed by atoms with Crippen LogP contribution in [0, 0.1) is 5.92 Å². The van der Waals surface area contributed by atoms with E-state index in [1.54, 1.807) is 4.57 Å². The summed E-state index contributed by atoms with van der Waals surface area (Å²) in [5.41, 5.74) is 0.332. The number of alkyl halides is 3. The van der Waals surface area contributed by atoms with E-state index in [1.165, 1.54) is 0 Å². The highest BCUT2D eigenvalue weighted by Gasteiger charge is 2.35. The molecule has 0 saturated heterocycles. The lowest BCUT2D eigenvalue weighted by Crippen LogP contribution is -2.29. The van der Waals surface area contributed by atoms with Gasteiger partial charge in [-0.15, -0.1) is 0 Å². The standard InChI is InChI=1S/C15H20F3N5/c1-2-23-9-12(7-20-23)6-19-5-11-3-4-14-21-13(15(16,17)18)10-22(14)8-11/h7,9-11,19H,2-6,8H2,1H3/t11-/m0/s1. The average Bonchev–Trinajstić information content (AvgIpc) is 3.12. The topological polar surface area (TPSA) is 47.7 Å². The lowest BCUT2D eigenvalue weighted by atomic mass is 9.99. The lowest BCUT2D eigenvalue weighted by Gasteiger charge is -2.23. The molecule has 23 heavy (non-hydrogen) atoms. The van der Waals surface area contributed by atoms with Crippen LogP contribution in [0.5, 0.6) is 0 Å². The van der Waals surface area contributed by atoms with Gasteiger partial charge in [-0.05, 0) is 25.8 Å². The first kappa shape index (κ1) is 16.0. The SMILES string of the molecule is CCn1cc(CNC[C@@H]2CCc3nc(C(F)(F)F)cn3C2)cn1. The molecular weight excluding hydrogens is 307 g/mol. The molecule has 2 aromatic heterocycles. The zero-order valence-electron chi connectivity index (χ0n) is 13.0. The van der Waals surface area contributed by atoms with Crippen molar-refractivity contribution in [2.75, 3.05) is 6.54 Å². The third-order valence-corrected chi connectivity index (χ3v) is 4.15. The number of nitrogens with zero attached hydrogens (tertiary/aromatic N) is 4. The van der Waals surface area contributed by atoms with Gasteiger partial charge in [-0.25, -0.2) is 4.98 Å². The number of fused-ring (bicyclic) bond motifs is 1. The number of halogens is 3. The summed E-state index contributed by atoms with van der Waals surface area (Å²) in [6.45, 7) is 4.95. The molecule has 0 radical (unpaired) electrons. The maximum atomic E-state index is 12.7. The van der Waals surface area contributed by atoms with E-state index in [0.717, 1.165) is 37.8 Å². The molecule has 0 spiro atoms. The van der Waals surface area contributed by atoms with Gasteiger partial charge in [-0.3, -0.25) is 4.68 Å². The molecule has 1 aliphatic rings. The van der Waals surface area contributed by atoms with Crippen LogP contribution in [-0.2, 0) is 32.2 Å². The first-order chi connectivity index (χ1) is 11.0. The Bertz CT molecular complexity index is 658. The summed E-state index contributed by atoms with van der Waals surface area (Å²) >= 11 is 0. The normalized spacial score (nSPS) is 18.2. The van der Waals surface area contributed by atoms with E-state index in [1.807, 2.05) is 24.0 Å². The van der Waals surface area contributed by atoms with Crippen molar-refractivity contribution in [3.8, 4) is 0 Å². The number of rotatable bonds is 5. The van der Waals surface area contributed by atoms with Crippen molar-refractivity contribution in [2.45, 2.75) is 45.6 Å². The molecule has 3 heterocycles. The van der Waals surface area contributed by atoms with Crippen LogP contribution in [0.25, 0.3) is 0 Å². The largest absolute Gasteiger partial charge is 0.434 e. The van der Waals surface area contributed by atoms with Gasteiger partial charge in [0.2, 0.25) is 0 Å². The molecule has 8 heteroatoms. The zero-order valence-corrected chi connectivity index (χ0v) is 13.0. The van der Waals surface area contributed by atoms with Crippen LogP contribution >= 0.6 is 0 Å². The average molecular weight is 327 g/mol. The van der Waals surface area contributed by atoms with Crippen LogP contribution in [0.2, 0.25) is 0 Å². The molecule has 0 bridgehead atoms. The molecule has 0 amide bonds. The monoisotopic (exact) mass is 327 g/mol. The van der Waals surface area contributed by atoms with E-state index in [2.05, 4.69) is 15.4 Å². The Labute approximate surface area is 132 Å². The van der Waals surface area contributed by atoms with Gasteiger partial charge in [0, 0.05) is 44.0 Å². The second-order valence-corrected chi connectivity index (χ2v) is 5.93. The van der Waals surface area contributed by atoms with Gasteiger partial charge < -0.3 is 9.88 Å². The molecule has 1 N–H and O–H groups in total. The van der Waals surface area contributed by atoms with Gasteiger partial charge in [0.05, 0.1) is 6.20 Å². The van der Waals surface area contributed by atoms with Crippen molar-refractivity contribution < 1.29 is 13.2 Å². The summed E-state index contributed by atoms with van der Waals surface area (Å²) < 4.78 is 41.6. The van der Waals surface area contributed by atoms with E-state index >= 15 is 0 Å². The Balaban J connectivity index is 1.52. The molecule has 126 valence electrons. The Morgan fingerprint density at radius 3 is 2.87 bits per heavy atom. The minimum Gasteiger partial charge on any atom is -0.334 e. The maximum Gasteiger partial charge on any atom is 0.434 e. The zero-order chi connectivity index (χ0) is 16.4. The number of imidazole rings is 1. The van der Waals surface area contributed by atoms with Gasteiger partial charge in [-0.2, -0.15) is 18.3 Å². The maximum absolute atomic E-state index is 12.7. The molecule has 3 rings (SSSR count). The van der Waals surface area contributed by atoms with Crippen molar-refractivity contribution in [3.63, 3.8) is 0 Å². The number of nitrogens with one attached hydrogen (secondary N) is 1. The summed E-state index contributed by atoms with van der Waals surface area (Å²) in [6.07, 6.45) is 2.05. The Hall–Kier alpha value is -1.83. The molecule has 0 unspecified atom stereocenters. The first-order valence-electron chi connectivity index (χ1n) is 7.81. The molecule has 2 aromatic rings. The third-order valence-electron chi connectivity index (χ3n) is 4.15. The fraction of sp³-hybridized carbons (Fsp3) is 0.600. The molecule has 5 nitrogen and oxygen atoms in total. The highest BCUT2D eigenvalue weighted by atomic mass is 19.4. The number of aromatic nitrogens is 4. The summed E-state index contributed by atoms with van der Waals surface area (Å²) in [7, 11) is 0. The number of aryl methyl sites for hydroxylation is 2. The van der Waals surface area contributed by atoms with Gasteiger partial charge in [0.25, 0.3) is 0 Å². The predicted molar refractivity (Wildman–Crippen MR) is 78.6 cm³/mol. The van der Waals surface area contributed by atoms with E-state index in [0.29, 0.717) is 24.7 Å². The highest BCUT2D eigenvalue weighted by molar-refractivity contribution is 5.10. The minimum atomic E-state index is -4.36. The Morgan fingerprint density at radius 1 is 1.35 bits per heavy atom. The molecule has 0 aromatic carbocycles. The molecule has 0 saturated carbocycles. The van der Waals surface area contributed by atoms with Crippen molar-refractivity contribution in [2.24, 2.45) is 5.92 Å². The van der Waals surface area contributed by atoms with Crippen LogP contribution in [0.15, 0.2) is 18.6 Å². The van der Waals surface area contributed by atoms with Gasteiger partial charge >= 0.3 is 6.18 Å². The molecular formula is C15H20F3N5. The van der Waals surface area contributed by atoms with Crippen LogP contribution < -0.4 is 5.32 Å². The minimum absolute atomic E-state index is 0.319. The smallest absolute Gasteiger partial charge is 0.334 e. The predicted octanol–water partition coefficient (Wildman–Crippen LogP) is 2.47. The van der Waals surface area contributed by atoms with Crippen LogP contribution in [0.1, 0.15) is 30.4 Å². The Kier molecular flexibility index (Phi) is 4.43. The van der Waals surface area contributed by atoms with Gasteiger partial charge in [-0.1, -0.05) is 0 Å². The van der Waals surface area contributed by atoms with Crippen LogP contribution in [-0.4, -0.2) is 25.9 Å². The van der Waals surface area contributed by atoms with E-state index in [-0.39, 0.29) is 0 Å². The highest BCUT2D eigenvalue weighted by Crippen LogP contribution is 2.30.